The van der Waals surface area contributed by atoms with Gasteiger partial charge < -0.3 is 9.47 Å². The van der Waals surface area contributed by atoms with Crippen LogP contribution < -0.4 is 0 Å². The van der Waals surface area contributed by atoms with Crippen LogP contribution >= 0.6 is 23.2 Å². The van der Waals surface area contributed by atoms with Crippen molar-refractivity contribution in [3.8, 4) is 0 Å². The molecule has 1 aliphatic rings. The van der Waals surface area contributed by atoms with E-state index in [9.17, 15) is 4.79 Å². The lowest BCUT2D eigenvalue weighted by atomic mass is 9.99. The summed E-state index contributed by atoms with van der Waals surface area (Å²) in [5, 5.41) is 1.11. The van der Waals surface area contributed by atoms with Crippen LogP contribution in [0.15, 0.2) is 48.5 Å². The molecule has 3 rings (SSSR count). The number of methoxy groups -OCH3 is 1. The lowest BCUT2D eigenvalue weighted by Crippen LogP contribution is -2.54. The molecule has 1 aliphatic heterocycles. The Morgan fingerprint density at radius 2 is 1.88 bits per heavy atom. The highest BCUT2D eigenvalue weighted by atomic mass is 35.5. The van der Waals surface area contributed by atoms with Gasteiger partial charge in [0.25, 0.3) is 0 Å². The minimum atomic E-state index is -1.15. The van der Waals surface area contributed by atoms with Gasteiger partial charge in [-0.15, -0.1) is 0 Å². The fourth-order valence-corrected chi connectivity index (χ4v) is 3.75. The highest BCUT2D eigenvalue weighted by Crippen LogP contribution is 2.34. The van der Waals surface area contributed by atoms with E-state index in [2.05, 4.69) is 0 Å². The maximum atomic E-state index is 12.1. The Morgan fingerprint density at radius 1 is 1.20 bits per heavy atom. The molecule has 132 valence electrons. The van der Waals surface area contributed by atoms with Crippen molar-refractivity contribution < 1.29 is 14.3 Å². The summed E-state index contributed by atoms with van der Waals surface area (Å²) in [7, 11) is 1.54. The molecule has 0 spiro atoms. The summed E-state index contributed by atoms with van der Waals surface area (Å²) in [5.74, 6) is 0. The smallest absolute Gasteiger partial charge is 0.204 e. The Hall–Kier alpha value is -1.43. The predicted molar refractivity (Wildman–Crippen MR) is 97.9 cm³/mol. The van der Waals surface area contributed by atoms with Gasteiger partial charge in [-0.05, 0) is 23.8 Å². The quantitative estimate of drug-likeness (QED) is 0.734. The van der Waals surface area contributed by atoms with Crippen molar-refractivity contribution >= 4 is 29.5 Å². The summed E-state index contributed by atoms with van der Waals surface area (Å²) >= 11 is 12.2. The standard InChI is InChI=1S/C19H19Cl2NO3/c1-24-19(13-23,15-5-3-2-4-6-15)22-7-8-25-18(12-22)14-9-16(20)11-17(21)10-14/h2-6,9-11,13,18H,7-8,12H2,1H3/t18-,19+/m1/s1. The van der Waals surface area contributed by atoms with Gasteiger partial charge in [0.1, 0.15) is 0 Å². The van der Waals surface area contributed by atoms with Gasteiger partial charge in [0.2, 0.25) is 5.72 Å². The molecule has 0 aromatic heterocycles. The van der Waals surface area contributed by atoms with E-state index in [-0.39, 0.29) is 6.10 Å². The Morgan fingerprint density at radius 3 is 2.48 bits per heavy atom. The fraction of sp³-hybridized carbons (Fsp3) is 0.316. The van der Waals surface area contributed by atoms with Crippen molar-refractivity contribution in [2.75, 3.05) is 26.8 Å². The number of aldehydes is 1. The fourth-order valence-electron chi connectivity index (χ4n) is 3.21. The van der Waals surface area contributed by atoms with Gasteiger partial charge in [0, 0.05) is 35.8 Å². The number of hydrogen-bond donors (Lipinski definition) is 0. The van der Waals surface area contributed by atoms with Gasteiger partial charge >= 0.3 is 0 Å². The zero-order valence-corrected chi connectivity index (χ0v) is 15.3. The molecule has 0 amide bonds. The first-order valence-electron chi connectivity index (χ1n) is 7.98. The second-order valence-corrected chi connectivity index (χ2v) is 6.77. The molecule has 1 saturated heterocycles. The van der Waals surface area contributed by atoms with Crippen LogP contribution in [-0.4, -0.2) is 38.0 Å². The minimum Gasteiger partial charge on any atom is -0.371 e. The molecule has 4 nitrogen and oxygen atoms in total. The third-order valence-corrected chi connectivity index (χ3v) is 4.89. The van der Waals surface area contributed by atoms with Gasteiger partial charge in [-0.25, -0.2) is 0 Å². The van der Waals surface area contributed by atoms with Crippen LogP contribution in [0.4, 0.5) is 0 Å². The molecular weight excluding hydrogens is 361 g/mol. The Kier molecular flexibility index (Phi) is 5.77. The first-order chi connectivity index (χ1) is 12.1. The topological polar surface area (TPSA) is 38.8 Å². The molecule has 0 radical (unpaired) electrons. The lowest BCUT2D eigenvalue weighted by molar-refractivity contribution is -0.182. The molecule has 2 aromatic carbocycles. The Labute approximate surface area is 157 Å². The van der Waals surface area contributed by atoms with E-state index in [1.165, 1.54) is 0 Å². The predicted octanol–water partition coefficient (Wildman–Crippen LogP) is 4.07. The number of halogens is 2. The van der Waals surface area contributed by atoms with E-state index < -0.39 is 5.72 Å². The normalized spacial score (nSPS) is 20.8. The van der Waals surface area contributed by atoms with E-state index >= 15 is 0 Å². The number of benzene rings is 2. The number of carbonyl (C=O) groups excluding carboxylic acids is 1. The number of hydrogen-bond acceptors (Lipinski definition) is 4. The van der Waals surface area contributed by atoms with E-state index in [4.69, 9.17) is 32.7 Å². The highest BCUT2D eigenvalue weighted by molar-refractivity contribution is 6.34. The number of nitrogens with zero attached hydrogens (tertiary/aromatic N) is 1. The molecule has 0 saturated carbocycles. The monoisotopic (exact) mass is 379 g/mol. The van der Waals surface area contributed by atoms with Crippen molar-refractivity contribution in [3.63, 3.8) is 0 Å². The summed E-state index contributed by atoms with van der Waals surface area (Å²) in [6.45, 7) is 1.53. The molecule has 25 heavy (non-hydrogen) atoms. The third kappa shape index (κ3) is 3.73. The van der Waals surface area contributed by atoms with Crippen LogP contribution in [0.2, 0.25) is 10.0 Å². The minimum absolute atomic E-state index is 0.247. The molecular formula is C19H19Cl2NO3. The molecule has 1 fully saturated rings. The molecule has 2 atom stereocenters. The van der Waals surface area contributed by atoms with Crippen molar-refractivity contribution in [1.82, 2.24) is 4.90 Å². The first-order valence-corrected chi connectivity index (χ1v) is 8.74. The summed E-state index contributed by atoms with van der Waals surface area (Å²) in [4.78, 5) is 14.0. The molecule has 2 aromatic rings. The lowest BCUT2D eigenvalue weighted by Gasteiger charge is -2.43. The van der Waals surface area contributed by atoms with Gasteiger partial charge in [-0.1, -0.05) is 53.5 Å². The third-order valence-electron chi connectivity index (χ3n) is 4.45. The molecule has 0 unspecified atom stereocenters. The van der Waals surface area contributed by atoms with Crippen LogP contribution in [0.3, 0.4) is 0 Å². The van der Waals surface area contributed by atoms with Crippen molar-refractivity contribution in [2.45, 2.75) is 11.8 Å². The van der Waals surface area contributed by atoms with E-state index in [0.29, 0.717) is 29.7 Å². The SMILES string of the molecule is CO[C@@](C=O)(c1ccccc1)N1CCO[C@@H](c2cc(Cl)cc(Cl)c2)C1. The average Bonchev–Trinajstić information content (AvgIpc) is 2.64. The molecule has 0 aliphatic carbocycles. The molecule has 6 heteroatoms. The van der Waals surface area contributed by atoms with Gasteiger partial charge in [-0.3, -0.25) is 9.69 Å². The highest BCUT2D eigenvalue weighted by Gasteiger charge is 2.41. The van der Waals surface area contributed by atoms with Crippen molar-refractivity contribution in [2.24, 2.45) is 0 Å². The second kappa shape index (κ2) is 7.85. The van der Waals surface area contributed by atoms with Crippen molar-refractivity contribution in [1.29, 1.82) is 0 Å². The van der Waals surface area contributed by atoms with Gasteiger partial charge in [0.15, 0.2) is 6.29 Å². The number of carbonyl (C=O) groups is 1. The second-order valence-electron chi connectivity index (χ2n) is 5.89. The Balaban J connectivity index is 1.92. The van der Waals surface area contributed by atoms with Crippen LogP contribution in [0, 0.1) is 0 Å². The van der Waals surface area contributed by atoms with Crippen molar-refractivity contribution in [3.05, 3.63) is 69.7 Å². The summed E-state index contributed by atoms with van der Waals surface area (Å²) in [6.07, 6.45) is 0.596. The summed E-state index contributed by atoms with van der Waals surface area (Å²) in [5.41, 5.74) is 0.523. The average molecular weight is 380 g/mol. The van der Waals surface area contributed by atoms with E-state index in [1.54, 1.807) is 13.2 Å². The molecule has 0 bridgehead atoms. The molecule has 1 heterocycles. The summed E-state index contributed by atoms with van der Waals surface area (Å²) < 4.78 is 11.6. The van der Waals surface area contributed by atoms with Crippen LogP contribution in [-0.2, 0) is 20.0 Å². The van der Waals surface area contributed by atoms with Crippen LogP contribution in [0.5, 0.6) is 0 Å². The summed E-state index contributed by atoms with van der Waals surface area (Å²) in [6, 6.07) is 14.8. The Bertz CT molecular complexity index is 720. The number of rotatable bonds is 5. The number of ether oxygens (including phenoxy) is 2. The zero-order valence-electron chi connectivity index (χ0n) is 13.8. The van der Waals surface area contributed by atoms with E-state index in [0.717, 1.165) is 17.4 Å². The maximum absolute atomic E-state index is 12.1. The van der Waals surface area contributed by atoms with E-state index in [1.807, 2.05) is 47.4 Å². The molecule has 0 N–H and O–H groups in total. The maximum Gasteiger partial charge on any atom is 0.204 e. The number of morpholine rings is 1. The largest absolute Gasteiger partial charge is 0.371 e. The van der Waals surface area contributed by atoms with Gasteiger partial charge in [-0.2, -0.15) is 0 Å². The van der Waals surface area contributed by atoms with Crippen LogP contribution in [0.1, 0.15) is 17.2 Å². The zero-order chi connectivity index (χ0) is 17.9. The van der Waals surface area contributed by atoms with Crippen LogP contribution in [0.25, 0.3) is 0 Å². The van der Waals surface area contributed by atoms with Gasteiger partial charge in [0.05, 0.1) is 12.7 Å². The first kappa shape index (κ1) is 18.4.